The Morgan fingerprint density at radius 2 is 1.80 bits per heavy atom. The molecule has 2 N–H and O–H groups in total. The number of aryl methyl sites for hydroxylation is 1. The summed E-state index contributed by atoms with van der Waals surface area (Å²) in [5.41, 5.74) is 10.2. The summed E-state index contributed by atoms with van der Waals surface area (Å²) in [5, 5.41) is 0. The molecule has 1 nitrogen and oxygen atoms in total. The van der Waals surface area contributed by atoms with Crippen molar-refractivity contribution in [1.29, 1.82) is 0 Å². The van der Waals surface area contributed by atoms with E-state index < -0.39 is 0 Å². The van der Waals surface area contributed by atoms with Gasteiger partial charge < -0.3 is 5.73 Å². The molecule has 0 unspecified atom stereocenters. The topological polar surface area (TPSA) is 26.0 Å². The molecule has 0 amide bonds. The largest absolute Gasteiger partial charge is 0.398 e. The fourth-order valence-corrected chi connectivity index (χ4v) is 1.97. The Morgan fingerprint density at radius 3 is 2.47 bits per heavy atom. The zero-order valence-corrected chi connectivity index (χ0v) is 10.1. The average molecular weight is 262 g/mol. The zero-order chi connectivity index (χ0) is 10.8. The number of hydrogen-bond donors (Lipinski definition) is 1. The van der Waals surface area contributed by atoms with Gasteiger partial charge in [-0.2, -0.15) is 0 Å². The number of nitrogen functional groups attached to an aromatic ring is 1. The summed E-state index contributed by atoms with van der Waals surface area (Å²) in [6.07, 6.45) is 0. The number of benzene rings is 2. The SMILES string of the molecule is Cc1ccccc1-c1ccc(N)c(Br)c1. The van der Waals surface area contributed by atoms with Gasteiger partial charge >= 0.3 is 0 Å². The van der Waals surface area contributed by atoms with E-state index in [1.807, 2.05) is 24.3 Å². The Morgan fingerprint density at radius 1 is 1.07 bits per heavy atom. The summed E-state index contributed by atoms with van der Waals surface area (Å²) in [7, 11) is 0. The van der Waals surface area contributed by atoms with E-state index in [9.17, 15) is 0 Å². The number of rotatable bonds is 1. The summed E-state index contributed by atoms with van der Waals surface area (Å²) in [4.78, 5) is 0. The highest BCUT2D eigenvalue weighted by atomic mass is 79.9. The number of nitrogens with two attached hydrogens (primary N) is 1. The van der Waals surface area contributed by atoms with Gasteiger partial charge in [-0.25, -0.2) is 0 Å². The summed E-state index contributed by atoms with van der Waals surface area (Å²) in [6, 6.07) is 14.3. The average Bonchev–Trinajstić information content (AvgIpc) is 2.23. The molecule has 2 heteroatoms. The van der Waals surface area contributed by atoms with Crippen molar-refractivity contribution in [2.24, 2.45) is 0 Å². The molecule has 2 rings (SSSR count). The minimum absolute atomic E-state index is 0.771. The molecule has 0 atom stereocenters. The zero-order valence-electron chi connectivity index (χ0n) is 8.50. The summed E-state index contributed by atoms with van der Waals surface area (Å²) >= 11 is 3.44. The van der Waals surface area contributed by atoms with E-state index in [-0.39, 0.29) is 0 Å². The first kappa shape index (κ1) is 10.2. The quantitative estimate of drug-likeness (QED) is 0.772. The highest BCUT2D eigenvalue weighted by Gasteiger charge is 2.02. The van der Waals surface area contributed by atoms with Gasteiger partial charge in [0.15, 0.2) is 0 Å². The fraction of sp³-hybridized carbons (Fsp3) is 0.0769. The van der Waals surface area contributed by atoms with Crippen LogP contribution in [0.2, 0.25) is 0 Å². The van der Waals surface area contributed by atoms with Crippen LogP contribution in [-0.2, 0) is 0 Å². The van der Waals surface area contributed by atoms with Crippen LogP contribution >= 0.6 is 15.9 Å². The number of halogens is 1. The fourth-order valence-electron chi connectivity index (χ4n) is 1.59. The van der Waals surface area contributed by atoms with Crippen molar-refractivity contribution in [3.05, 3.63) is 52.5 Å². The molecule has 0 saturated heterocycles. The van der Waals surface area contributed by atoms with Crippen molar-refractivity contribution in [1.82, 2.24) is 0 Å². The monoisotopic (exact) mass is 261 g/mol. The van der Waals surface area contributed by atoms with E-state index in [2.05, 4.69) is 41.1 Å². The molecule has 0 bridgehead atoms. The van der Waals surface area contributed by atoms with Crippen molar-refractivity contribution in [2.75, 3.05) is 5.73 Å². The number of anilines is 1. The minimum Gasteiger partial charge on any atom is -0.398 e. The first-order chi connectivity index (χ1) is 7.18. The van der Waals surface area contributed by atoms with Crippen LogP contribution in [0, 0.1) is 6.92 Å². The van der Waals surface area contributed by atoms with Crippen molar-refractivity contribution >= 4 is 21.6 Å². The molecular weight excluding hydrogens is 250 g/mol. The van der Waals surface area contributed by atoms with Gasteiger partial charge in [-0.05, 0) is 51.7 Å². The van der Waals surface area contributed by atoms with Crippen LogP contribution in [0.25, 0.3) is 11.1 Å². The Balaban J connectivity index is 2.55. The lowest BCUT2D eigenvalue weighted by Crippen LogP contribution is -1.88. The normalized spacial score (nSPS) is 10.3. The molecule has 0 aliphatic carbocycles. The van der Waals surface area contributed by atoms with E-state index in [1.165, 1.54) is 16.7 Å². The van der Waals surface area contributed by atoms with Gasteiger partial charge in [0.1, 0.15) is 0 Å². The molecular formula is C13H12BrN. The van der Waals surface area contributed by atoms with Crippen LogP contribution in [0.1, 0.15) is 5.56 Å². The second-order valence-corrected chi connectivity index (χ2v) is 4.41. The Bertz CT molecular complexity index is 492. The van der Waals surface area contributed by atoms with E-state index in [1.54, 1.807) is 0 Å². The summed E-state index contributed by atoms with van der Waals surface area (Å²) in [6.45, 7) is 2.11. The van der Waals surface area contributed by atoms with Gasteiger partial charge in [0, 0.05) is 10.2 Å². The Hall–Kier alpha value is -1.28. The lowest BCUT2D eigenvalue weighted by atomic mass is 10.0. The maximum Gasteiger partial charge on any atom is 0.0458 e. The lowest BCUT2D eigenvalue weighted by Gasteiger charge is -2.07. The maximum atomic E-state index is 5.76. The van der Waals surface area contributed by atoms with E-state index in [4.69, 9.17) is 5.73 Å². The molecule has 0 aromatic heterocycles. The molecule has 2 aromatic carbocycles. The van der Waals surface area contributed by atoms with Crippen molar-refractivity contribution in [3.8, 4) is 11.1 Å². The van der Waals surface area contributed by atoms with Crippen LogP contribution in [0.3, 0.4) is 0 Å². The second-order valence-electron chi connectivity index (χ2n) is 3.55. The van der Waals surface area contributed by atoms with Crippen LogP contribution in [-0.4, -0.2) is 0 Å². The van der Waals surface area contributed by atoms with Gasteiger partial charge in [0.2, 0.25) is 0 Å². The van der Waals surface area contributed by atoms with E-state index >= 15 is 0 Å². The maximum absolute atomic E-state index is 5.76. The molecule has 15 heavy (non-hydrogen) atoms. The van der Waals surface area contributed by atoms with Gasteiger partial charge in [0.25, 0.3) is 0 Å². The van der Waals surface area contributed by atoms with Gasteiger partial charge in [-0.1, -0.05) is 30.3 Å². The molecule has 0 spiro atoms. The van der Waals surface area contributed by atoms with Crippen LogP contribution in [0.4, 0.5) is 5.69 Å². The van der Waals surface area contributed by atoms with Crippen molar-refractivity contribution in [3.63, 3.8) is 0 Å². The number of hydrogen-bond acceptors (Lipinski definition) is 1. The van der Waals surface area contributed by atoms with E-state index in [0.29, 0.717) is 0 Å². The Labute approximate surface area is 98.1 Å². The first-order valence-corrected chi connectivity index (χ1v) is 5.59. The molecule has 0 saturated carbocycles. The predicted octanol–water partition coefficient (Wildman–Crippen LogP) is 4.01. The predicted molar refractivity (Wildman–Crippen MR) is 68.7 cm³/mol. The van der Waals surface area contributed by atoms with Gasteiger partial charge in [-0.15, -0.1) is 0 Å². The van der Waals surface area contributed by atoms with E-state index in [0.717, 1.165) is 10.2 Å². The van der Waals surface area contributed by atoms with Crippen molar-refractivity contribution in [2.45, 2.75) is 6.92 Å². The van der Waals surface area contributed by atoms with Crippen LogP contribution in [0.15, 0.2) is 46.9 Å². The smallest absolute Gasteiger partial charge is 0.0458 e. The standard InChI is InChI=1S/C13H12BrN/c1-9-4-2-3-5-11(9)10-6-7-13(15)12(14)8-10/h2-8H,15H2,1H3. The third kappa shape index (κ3) is 2.05. The minimum atomic E-state index is 0.771. The second kappa shape index (κ2) is 4.07. The highest BCUT2D eigenvalue weighted by molar-refractivity contribution is 9.10. The third-order valence-corrected chi connectivity index (χ3v) is 3.14. The summed E-state index contributed by atoms with van der Waals surface area (Å²) in [5.74, 6) is 0. The van der Waals surface area contributed by atoms with Crippen LogP contribution in [0.5, 0.6) is 0 Å². The first-order valence-electron chi connectivity index (χ1n) is 4.79. The molecule has 2 aromatic rings. The molecule has 0 aliphatic heterocycles. The summed E-state index contributed by atoms with van der Waals surface area (Å²) < 4.78 is 0.947. The molecule has 0 fully saturated rings. The molecule has 76 valence electrons. The Kier molecular flexibility index (Phi) is 2.78. The van der Waals surface area contributed by atoms with Gasteiger partial charge in [0.05, 0.1) is 0 Å². The third-order valence-electron chi connectivity index (χ3n) is 2.46. The molecule has 0 aliphatic rings. The lowest BCUT2D eigenvalue weighted by molar-refractivity contribution is 1.45. The highest BCUT2D eigenvalue weighted by Crippen LogP contribution is 2.28. The van der Waals surface area contributed by atoms with Gasteiger partial charge in [-0.3, -0.25) is 0 Å². The van der Waals surface area contributed by atoms with Crippen molar-refractivity contribution < 1.29 is 0 Å². The van der Waals surface area contributed by atoms with Crippen LogP contribution < -0.4 is 5.73 Å². The molecule has 0 radical (unpaired) electrons. The molecule has 0 heterocycles.